The van der Waals surface area contributed by atoms with Gasteiger partial charge in [-0.2, -0.15) is 0 Å². The number of amides is 1. The maximum absolute atomic E-state index is 11.8. The maximum Gasteiger partial charge on any atom is 0.219 e. The highest BCUT2D eigenvalue weighted by atomic mass is 16.2. The molecule has 3 aromatic rings. The Labute approximate surface area is 163 Å². The SMILES string of the molecule is CC(=O)N1CCCC(c2nc(Nc3cnccn3)cc(-c3cccnc3)n2)C1. The van der Waals surface area contributed by atoms with Crippen molar-refractivity contribution in [3.05, 3.63) is 55.0 Å². The fourth-order valence-electron chi connectivity index (χ4n) is 3.34. The Morgan fingerprint density at radius 3 is 2.79 bits per heavy atom. The first-order valence-electron chi connectivity index (χ1n) is 9.27. The second kappa shape index (κ2) is 8.08. The molecule has 28 heavy (non-hydrogen) atoms. The topological polar surface area (TPSA) is 96.8 Å². The zero-order chi connectivity index (χ0) is 19.3. The van der Waals surface area contributed by atoms with Crippen molar-refractivity contribution in [1.29, 1.82) is 0 Å². The van der Waals surface area contributed by atoms with Gasteiger partial charge in [-0.25, -0.2) is 15.0 Å². The number of carbonyl (C=O) groups excluding carboxylic acids is 1. The maximum atomic E-state index is 11.8. The van der Waals surface area contributed by atoms with Crippen LogP contribution in [0, 0.1) is 0 Å². The highest BCUT2D eigenvalue weighted by Gasteiger charge is 2.25. The van der Waals surface area contributed by atoms with Gasteiger partial charge < -0.3 is 10.2 Å². The predicted octanol–water partition coefficient (Wildman–Crippen LogP) is 2.80. The number of hydrogen-bond acceptors (Lipinski definition) is 7. The molecule has 8 heteroatoms. The summed E-state index contributed by atoms with van der Waals surface area (Å²) < 4.78 is 0. The second-order valence-corrected chi connectivity index (χ2v) is 6.76. The summed E-state index contributed by atoms with van der Waals surface area (Å²) >= 11 is 0. The van der Waals surface area contributed by atoms with Crippen molar-refractivity contribution in [1.82, 2.24) is 29.8 Å². The summed E-state index contributed by atoms with van der Waals surface area (Å²) in [7, 11) is 0. The van der Waals surface area contributed by atoms with Crippen molar-refractivity contribution in [3.8, 4) is 11.3 Å². The van der Waals surface area contributed by atoms with E-state index < -0.39 is 0 Å². The van der Waals surface area contributed by atoms with Crippen LogP contribution < -0.4 is 5.32 Å². The fraction of sp³-hybridized carbons (Fsp3) is 0.300. The number of pyridine rings is 1. The van der Waals surface area contributed by atoms with Crippen molar-refractivity contribution in [2.75, 3.05) is 18.4 Å². The Kier molecular flexibility index (Phi) is 5.18. The van der Waals surface area contributed by atoms with Crippen LogP contribution in [-0.2, 0) is 4.79 Å². The molecule has 1 fully saturated rings. The van der Waals surface area contributed by atoms with Crippen molar-refractivity contribution in [3.63, 3.8) is 0 Å². The van der Waals surface area contributed by atoms with Crippen molar-refractivity contribution >= 4 is 17.5 Å². The van der Waals surface area contributed by atoms with E-state index in [0.717, 1.165) is 36.5 Å². The minimum Gasteiger partial charge on any atom is -0.342 e. The van der Waals surface area contributed by atoms with Gasteiger partial charge in [-0.1, -0.05) is 0 Å². The van der Waals surface area contributed by atoms with Gasteiger partial charge >= 0.3 is 0 Å². The number of anilines is 2. The van der Waals surface area contributed by atoms with Crippen LogP contribution in [0.1, 0.15) is 31.5 Å². The first-order valence-corrected chi connectivity index (χ1v) is 9.27. The molecule has 4 heterocycles. The van der Waals surface area contributed by atoms with E-state index in [0.29, 0.717) is 18.2 Å². The van der Waals surface area contributed by atoms with Crippen LogP contribution in [0.3, 0.4) is 0 Å². The Morgan fingerprint density at radius 1 is 1.14 bits per heavy atom. The number of nitrogens with zero attached hydrogens (tertiary/aromatic N) is 6. The van der Waals surface area contributed by atoms with Gasteiger partial charge in [-0.3, -0.25) is 14.8 Å². The molecule has 0 aromatic carbocycles. The Balaban J connectivity index is 1.70. The van der Waals surface area contributed by atoms with E-state index in [2.05, 4.69) is 20.3 Å². The van der Waals surface area contributed by atoms with Gasteiger partial charge in [0, 0.05) is 62.3 Å². The minimum atomic E-state index is 0.0889. The minimum absolute atomic E-state index is 0.0889. The molecule has 0 bridgehead atoms. The molecule has 1 atom stereocenters. The average molecular weight is 375 g/mol. The van der Waals surface area contributed by atoms with E-state index >= 15 is 0 Å². The summed E-state index contributed by atoms with van der Waals surface area (Å²) in [6, 6.07) is 5.72. The van der Waals surface area contributed by atoms with Crippen LogP contribution in [0.15, 0.2) is 49.2 Å². The lowest BCUT2D eigenvalue weighted by atomic mass is 9.97. The van der Waals surface area contributed by atoms with E-state index in [1.165, 1.54) is 0 Å². The van der Waals surface area contributed by atoms with E-state index in [1.807, 2.05) is 23.1 Å². The molecule has 4 rings (SSSR count). The van der Waals surface area contributed by atoms with Crippen molar-refractivity contribution in [2.45, 2.75) is 25.7 Å². The molecule has 0 saturated carbocycles. The number of piperidine rings is 1. The van der Waals surface area contributed by atoms with Crippen molar-refractivity contribution < 1.29 is 4.79 Å². The lowest BCUT2D eigenvalue weighted by molar-refractivity contribution is -0.130. The normalized spacial score (nSPS) is 16.6. The Morgan fingerprint density at radius 2 is 2.04 bits per heavy atom. The van der Waals surface area contributed by atoms with Gasteiger partial charge in [0.25, 0.3) is 0 Å². The number of nitrogens with one attached hydrogen (secondary N) is 1. The van der Waals surface area contributed by atoms with E-state index in [9.17, 15) is 4.79 Å². The van der Waals surface area contributed by atoms with E-state index in [-0.39, 0.29) is 11.8 Å². The van der Waals surface area contributed by atoms with E-state index in [1.54, 1.807) is 37.9 Å². The molecule has 142 valence electrons. The molecular formula is C20H21N7O. The molecule has 1 unspecified atom stereocenters. The van der Waals surface area contributed by atoms with Crippen LogP contribution in [0.25, 0.3) is 11.3 Å². The highest BCUT2D eigenvalue weighted by Crippen LogP contribution is 2.28. The Hall–Kier alpha value is -3.42. The molecule has 1 N–H and O–H groups in total. The van der Waals surface area contributed by atoms with Crippen LogP contribution in [0.4, 0.5) is 11.6 Å². The van der Waals surface area contributed by atoms with Gasteiger partial charge in [0.1, 0.15) is 17.5 Å². The van der Waals surface area contributed by atoms with Gasteiger partial charge in [0.2, 0.25) is 5.91 Å². The van der Waals surface area contributed by atoms with E-state index in [4.69, 9.17) is 9.97 Å². The summed E-state index contributed by atoms with van der Waals surface area (Å²) in [4.78, 5) is 35.7. The third kappa shape index (κ3) is 4.11. The summed E-state index contributed by atoms with van der Waals surface area (Å²) in [6.45, 7) is 3.03. The summed E-state index contributed by atoms with van der Waals surface area (Å²) in [5.74, 6) is 2.16. The van der Waals surface area contributed by atoms with Gasteiger partial charge in [0.15, 0.2) is 0 Å². The van der Waals surface area contributed by atoms with Crippen LogP contribution >= 0.6 is 0 Å². The third-order valence-electron chi connectivity index (χ3n) is 4.75. The van der Waals surface area contributed by atoms with Gasteiger partial charge in [0.05, 0.1) is 11.9 Å². The standard InChI is InChI=1S/C20H21N7O/c1-14(28)27-9-3-5-16(13-27)20-24-17(15-4-2-6-21-11-15)10-18(26-20)25-19-12-22-7-8-23-19/h2,4,6-8,10-12,16H,3,5,9,13H2,1H3,(H,23,24,25,26). The first-order chi connectivity index (χ1) is 13.7. The zero-order valence-corrected chi connectivity index (χ0v) is 15.6. The average Bonchev–Trinajstić information content (AvgIpc) is 2.75. The van der Waals surface area contributed by atoms with Gasteiger partial charge in [-0.05, 0) is 25.0 Å². The first kappa shape index (κ1) is 18.0. The third-order valence-corrected chi connectivity index (χ3v) is 4.75. The summed E-state index contributed by atoms with van der Waals surface area (Å²) in [6.07, 6.45) is 10.3. The molecule has 0 aliphatic carbocycles. The molecular weight excluding hydrogens is 354 g/mol. The second-order valence-electron chi connectivity index (χ2n) is 6.76. The van der Waals surface area contributed by atoms with Crippen LogP contribution in [-0.4, -0.2) is 48.8 Å². The smallest absolute Gasteiger partial charge is 0.219 e. The van der Waals surface area contributed by atoms with Crippen LogP contribution in [0.5, 0.6) is 0 Å². The molecule has 1 aliphatic rings. The quantitative estimate of drug-likeness (QED) is 0.749. The van der Waals surface area contributed by atoms with Crippen LogP contribution in [0.2, 0.25) is 0 Å². The number of likely N-dealkylation sites (tertiary alicyclic amines) is 1. The number of rotatable bonds is 4. The molecule has 1 saturated heterocycles. The zero-order valence-electron chi connectivity index (χ0n) is 15.6. The molecule has 0 spiro atoms. The number of aromatic nitrogens is 5. The molecule has 3 aromatic heterocycles. The van der Waals surface area contributed by atoms with Gasteiger partial charge in [-0.15, -0.1) is 0 Å². The monoisotopic (exact) mass is 375 g/mol. The molecule has 1 aliphatic heterocycles. The lowest BCUT2D eigenvalue weighted by Gasteiger charge is -2.31. The molecule has 0 radical (unpaired) electrons. The summed E-state index contributed by atoms with van der Waals surface area (Å²) in [5.41, 5.74) is 1.69. The Bertz CT molecular complexity index is 949. The summed E-state index contributed by atoms with van der Waals surface area (Å²) in [5, 5.41) is 3.20. The molecule has 8 nitrogen and oxygen atoms in total. The number of carbonyl (C=O) groups is 1. The lowest BCUT2D eigenvalue weighted by Crippen LogP contribution is -2.38. The number of hydrogen-bond donors (Lipinski definition) is 1. The van der Waals surface area contributed by atoms with Crippen molar-refractivity contribution in [2.24, 2.45) is 0 Å². The largest absolute Gasteiger partial charge is 0.342 e. The predicted molar refractivity (Wildman–Crippen MR) is 105 cm³/mol. The highest BCUT2D eigenvalue weighted by molar-refractivity contribution is 5.73. The fourth-order valence-corrected chi connectivity index (χ4v) is 3.34. The molecule has 1 amide bonds.